The zero-order valence-corrected chi connectivity index (χ0v) is 16.0. The molecule has 1 aromatic rings. The summed E-state index contributed by atoms with van der Waals surface area (Å²) >= 11 is 0. The molecule has 0 radical (unpaired) electrons. The van der Waals surface area contributed by atoms with Crippen LogP contribution in [-0.4, -0.2) is 52.7 Å². The molecule has 0 saturated carbocycles. The monoisotopic (exact) mass is 373 g/mol. The number of piperidine rings is 2. The average Bonchev–Trinajstić information content (AvgIpc) is 2.67. The van der Waals surface area contributed by atoms with E-state index in [2.05, 4.69) is 13.8 Å². The van der Waals surface area contributed by atoms with Crippen molar-refractivity contribution in [1.29, 1.82) is 0 Å². The molecule has 7 nitrogen and oxygen atoms in total. The zero-order valence-electron chi connectivity index (χ0n) is 16.0. The standard InChI is InChI=1S/C20H27N3O4/c1-14-3-7-21(8-4-14)19(24)16-11-17(13-18(12-16)23(26)27)20(25)22-9-5-15(2)6-10-22/h11-15H,3-10H2,1-2H3. The minimum absolute atomic E-state index is 0.208. The van der Waals surface area contributed by atoms with Crippen LogP contribution in [0, 0.1) is 22.0 Å². The van der Waals surface area contributed by atoms with Gasteiger partial charge in [0.05, 0.1) is 4.92 Å². The molecular formula is C20H27N3O4. The maximum absolute atomic E-state index is 12.9. The molecule has 0 aromatic heterocycles. The van der Waals surface area contributed by atoms with Gasteiger partial charge in [0.1, 0.15) is 0 Å². The molecule has 0 N–H and O–H groups in total. The normalized spacial score (nSPS) is 19.2. The molecule has 2 fully saturated rings. The van der Waals surface area contributed by atoms with E-state index in [1.807, 2.05) is 0 Å². The molecule has 0 atom stereocenters. The minimum atomic E-state index is -0.538. The third-order valence-corrected chi connectivity index (χ3v) is 5.76. The van der Waals surface area contributed by atoms with E-state index in [4.69, 9.17) is 0 Å². The van der Waals surface area contributed by atoms with Crippen molar-refractivity contribution in [3.05, 3.63) is 39.4 Å². The highest BCUT2D eigenvalue weighted by Gasteiger charge is 2.27. The van der Waals surface area contributed by atoms with E-state index in [1.54, 1.807) is 9.80 Å². The second kappa shape index (κ2) is 8.06. The van der Waals surface area contributed by atoms with Gasteiger partial charge in [-0.05, 0) is 43.6 Å². The second-order valence-electron chi connectivity index (χ2n) is 7.98. The molecule has 2 amide bonds. The van der Waals surface area contributed by atoms with E-state index in [-0.39, 0.29) is 28.6 Å². The lowest BCUT2D eigenvalue weighted by Gasteiger charge is -2.31. The van der Waals surface area contributed by atoms with Crippen LogP contribution in [0.5, 0.6) is 0 Å². The summed E-state index contributed by atoms with van der Waals surface area (Å²) in [6.45, 7) is 6.91. The Morgan fingerprint density at radius 3 is 1.56 bits per heavy atom. The van der Waals surface area contributed by atoms with E-state index in [0.29, 0.717) is 38.0 Å². The van der Waals surface area contributed by atoms with Crippen LogP contribution in [0.4, 0.5) is 5.69 Å². The van der Waals surface area contributed by atoms with Crippen LogP contribution in [0.2, 0.25) is 0 Å². The van der Waals surface area contributed by atoms with Crippen molar-refractivity contribution in [3.63, 3.8) is 0 Å². The number of hydrogen-bond donors (Lipinski definition) is 0. The molecule has 0 aliphatic carbocycles. The van der Waals surface area contributed by atoms with Crippen molar-refractivity contribution in [3.8, 4) is 0 Å². The summed E-state index contributed by atoms with van der Waals surface area (Å²) in [5.41, 5.74) is 0.250. The van der Waals surface area contributed by atoms with Gasteiger partial charge in [-0.3, -0.25) is 19.7 Å². The molecule has 146 valence electrons. The predicted octanol–water partition coefficient (Wildman–Crippen LogP) is 3.34. The number of benzene rings is 1. The molecule has 0 bridgehead atoms. The largest absolute Gasteiger partial charge is 0.339 e. The molecule has 1 aromatic carbocycles. The molecule has 2 aliphatic heterocycles. The predicted molar refractivity (Wildman–Crippen MR) is 102 cm³/mol. The lowest BCUT2D eigenvalue weighted by atomic mass is 9.97. The topological polar surface area (TPSA) is 83.8 Å². The lowest BCUT2D eigenvalue weighted by molar-refractivity contribution is -0.384. The fraction of sp³-hybridized carbons (Fsp3) is 0.600. The highest BCUT2D eigenvalue weighted by atomic mass is 16.6. The molecule has 27 heavy (non-hydrogen) atoms. The van der Waals surface area contributed by atoms with Crippen LogP contribution in [0.15, 0.2) is 18.2 Å². The summed E-state index contributed by atoms with van der Waals surface area (Å²) in [7, 11) is 0. The lowest BCUT2D eigenvalue weighted by Crippen LogP contribution is -2.39. The van der Waals surface area contributed by atoms with Gasteiger partial charge >= 0.3 is 0 Å². The van der Waals surface area contributed by atoms with E-state index in [1.165, 1.54) is 18.2 Å². The fourth-order valence-electron chi connectivity index (χ4n) is 3.75. The van der Waals surface area contributed by atoms with Crippen LogP contribution >= 0.6 is 0 Å². The van der Waals surface area contributed by atoms with E-state index in [9.17, 15) is 19.7 Å². The first-order chi connectivity index (χ1) is 12.8. The fourth-order valence-corrected chi connectivity index (χ4v) is 3.75. The number of non-ortho nitro benzene ring substituents is 1. The molecule has 3 rings (SSSR count). The summed E-state index contributed by atoms with van der Waals surface area (Å²) in [5, 5.41) is 11.3. The maximum Gasteiger partial charge on any atom is 0.271 e. The number of carbonyl (C=O) groups is 2. The second-order valence-corrected chi connectivity index (χ2v) is 7.98. The van der Waals surface area contributed by atoms with Crippen LogP contribution in [0.1, 0.15) is 60.2 Å². The van der Waals surface area contributed by atoms with Gasteiger partial charge < -0.3 is 9.80 Å². The number of hydrogen-bond acceptors (Lipinski definition) is 4. The Labute approximate surface area is 159 Å². The Bertz CT molecular complexity index is 680. The van der Waals surface area contributed by atoms with Crippen molar-refractivity contribution in [2.45, 2.75) is 39.5 Å². The Kier molecular flexibility index (Phi) is 5.77. The highest BCUT2D eigenvalue weighted by Crippen LogP contribution is 2.24. The van der Waals surface area contributed by atoms with Gasteiger partial charge in [-0.15, -0.1) is 0 Å². The minimum Gasteiger partial charge on any atom is -0.339 e. The first kappa shape index (κ1) is 19.3. The molecule has 0 spiro atoms. The van der Waals surface area contributed by atoms with Gasteiger partial charge in [-0.25, -0.2) is 0 Å². The molecule has 0 unspecified atom stereocenters. The summed E-state index contributed by atoms with van der Waals surface area (Å²) in [6, 6.07) is 4.10. The Morgan fingerprint density at radius 1 is 0.852 bits per heavy atom. The van der Waals surface area contributed by atoms with E-state index >= 15 is 0 Å². The first-order valence-electron chi connectivity index (χ1n) is 9.73. The van der Waals surface area contributed by atoms with Crippen molar-refractivity contribution in [2.75, 3.05) is 26.2 Å². The summed E-state index contributed by atoms with van der Waals surface area (Å²) in [5.74, 6) is 0.703. The van der Waals surface area contributed by atoms with Crippen molar-refractivity contribution < 1.29 is 14.5 Å². The third kappa shape index (κ3) is 4.46. The Morgan fingerprint density at radius 2 is 1.22 bits per heavy atom. The zero-order chi connectivity index (χ0) is 19.6. The quantitative estimate of drug-likeness (QED) is 0.601. The van der Waals surface area contributed by atoms with E-state index < -0.39 is 4.92 Å². The van der Waals surface area contributed by atoms with Gasteiger partial charge in [-0.1, -0.05) is 13.8 Å². The Balaban J connectivity index is 1.85. The maximum atomic E-state index is 12.9. The number of nitro groups is 1. The van der Waals surface area contributed by atoms with Gasteiger partial charge in [-0.2, -0.15) is 0 Å². The van der Waals surface area contributed by atoms with Gasteiger partial charge in [0.2, 0.25) is 0 Å². The molecule has 2 saturated heterocycles. The highest BCUT2D eigenvalue weighted by molar-refractivity contribution is 6.00. The van der Waals surface area contributed by atoms with Crippen LogP contribution < -0.4 is 0 Å². The van der Waals surface area contributed by atoms with Crippen molar-refractivity contribution in [2.24, 2.45) is 11.8 Å². The van der Waals surface area contributed by atoms with Crippen LogP contribution in [0.3, 0.4) is 0 Å². The number of amides is 2. The third-order valence-electron chi connectivity index (χ3n) is 5.76. The number of rotatable bonds is 3. The summed E-state index contributed by atoms with van der Waals surface area (Å²) in [4.78, 5) is 40.0. The summed E-state index contributed by atoms with van der Waals surface area (Å²) in [6.07, 6.45) is 3.72. The molecular weight excluding hydrogens is 346 g/mol. The number of likely N-dealkylation sites (tertiary alicyclic amines) is 2. The average molecular weight is 373 g/mol. The van der Waals surface area contributed by atoms with Gasteiger partial charge in [0, 0.05) is 49.4 Å². The van der Waals surface area contributed by atoms with Gasteiger partial charge in [0.25, 0.3) is 17.5 Å². The van der Waals surface area contributed by atoms with E-state index in [0.717, 1.165) is 25.7 Å². The SMILES string of the molecule is CC1CCN(C(=O)c2cc(C(=O)N3CCC(C)CC3)cc([N+](=O)[O-])c2)CC1. The van der Waals surface area contributed by atoms with Crippen LogP contribution in [-0.2, 0) is 0 Å². The first-order valence-corrected chi connectivity index (χ1v) is 9.73. The number of nitro benzene ring substituents is 1. The molecule has 7 heteroatoms. The smallest absolute Gasteiger partial charge is 0.271 e. The number of nitrogens with zero attached hydrogens (tertiary/aromatic N) is 3. The summed E-state index contributed by atoms with van der Waals surface area (Å²) < 4.78 is 0. The van der Waals surface area contributed by atoms with Crippen molar-refractivity contribution >= 4 is 17.5 Å². The van der Waals surface area contributed by atoms with Gasteiger partial charge in [0.15, 0.2) is 0 Å². The Hall–Kier alpha value is -2.44. The molecule has 2 heterocycles. The van der Waals surface area contributed by atoms with Crippen molar-refractivity contribution in [1.82, 2.24) is 9.80 Å². The van der Waals surface area contributed by atoms with Crippen LogP contribution in [0.25, 0.3) is 0 Å². The number of carbonyl (C=O) groups excluding carboxylic acids is 2. The molecule has 2 aliphatic rings.